The van der Waals surface area contributed by atoms with E-state index < -0.39 is 0 Å². The van der Waals surface area contributed by atoms with Gasteiger partial charge in [0.25, 0.3) is 0 Å². The Hall–Kier alpha value is -0.600. The van der Waals surface area contributed by atoms with Crippen molar-refractivity contribution in [2.24, 2.45) is 0 Å². The van der Waals surface area contributed by atoms with Crippen LogP contribution in [0.2, 0.25) is 4.34 Å². The summed E-state index contributed by atoms with van der Waals surface area (Å²) in [7, 11) is 0. The number of rotatable bonds is 0. The van der Waals surface area contributed by atoms with Crippen molar-refractivity contribution in [1.29, 1.82) is 0 Å². The average Bonchev–Trinajstić information content (AvgIpc) is 2.27. The van der Waals surface area contributed by atoms with Gasteiger partial charge in [-0.2, -0.15) is 0 Å². The highest BCUT2D eigenvalue weighted by Crippen LogP contribution is 2.27. The molecule has 0 radical (unpaired) electrons. The van der Waals surface area contributed by atoms with Gasteiger partial charge < -0.3 is 0 Å². The van der Waals surface area contributed by atoms with Crippen molar-refractivity contribution in [2.45, 2.75) is 6.92 Å². The second-order valence-corrected chi connectivity index (χ2v) is 4.06. The number of pyridine rings is 1. The molecule has 0 saturated heterocycles. The number of nitrogens with zero attached hydrogens (tertiary/aromatic N) is 1. The van der Waals surface area contributed by atoms with Crippen molar-refractivity contribution in [3.05, 3.63) is 28.2 Å². The van der Waals surface area contributed by atoms with Crippen LogP contribution < -0.4 is 0 Å². The number of hydrogen-bond acceptors (Lipinski definition) is 2. The quantitative estimate of drug-likeness (QED) is 0.611. The maximum Gasteiger partial charge on any atom is 0.124 e. The van der Waals surface area contributed by atoms with Crippen molar-refractivity contribution in [3.8, 4) is 0 Å². The molecule has 0 amide bonds. The van der Waals surface area contributed by atoms with Crippen LogP contribution in [-0.4, -0.2) is 4.98 Å². The topological polar surface area (TPSA) is 12.9 Å². The van der Waals surface area contributed by atoms with Gasteiger partial charge >= 0.3 is 0 Å². The van der Waals surface area contributed by atoms with E-state index in [0.29, 0.717) is 0 Å². The number of aryl methyl sites for hydroxylation is 1. The fraction of sp³-hybridized carbons (Fsp3) is 0.125. The Labute approximate surface area is 73.6 Å². The number of aromatic nitrogens is 1. The van der Waals surface area contributed by atoms with Gasteiger partial charge in [-0.15, -0.1) is 11.3 Å². The van der Waals surface area contributed by atoms with E-state index in [1.54, 1.807) is 0 Å². The van der Waals surface area contributed by atoms with Crippen LogP contribution in [0.3, 0.4) is 0 Å². The van der Waals surface area contributed by atoms with Crippen LogP contribution in [0.15, 0.2) is 18.2 Å². The predicted octanol–water partition coefficient (Wildman–Crippen LogP) is 3.26. The Kier molecular flexibility index (Phi) is 1.59. The lowest BCUT2D eigenvalue weighted by atomic mass is 10.3. The molecule has 0 unspecified atom stereocenters. The third-order valence-electron chi connectivity index (χ3n) is 1.49. The van der Waals surface area contributed by atoms with E-state index in [1.807, 2.05) is 25.1 Å². The van der Waals surface area contributed by atoms with Crippen molar-refractivity contribution < 1.29 is 0 Å². The minimum absolute atomic E-state index is 0.804. The molecule has 2 rings (SSSR count). The second kappa shape index (κ2) is 2.47. The zero-order valence-electron chi connectivity index (χ0n) is 5.97. The van der Waals surface area contributed by atoms with E-state index >= 15 is 0 Å². The summed E-state index contributed by atoms with van der Waals surface area (Å²) in [5.41, 5.74) is 1.04. The third-order valence-corrected chi connectivity index (χ3v) is 2.67. The third kappa shape index (κ3) is 1.24. The summed E-state index contributed by atoms with van der Waals surface area (Å²) < 4.78 is 0.804. The summed E-state index contributed by atoms with van der Waals surface area (Å²) in [6.45, 7) is 1.98. The molecule has 1 nitrogen and oxygen atoms in total. The minimum atomic E-state index is 0.804. The van der Waals surface area contributed by atoms with Crippen LogP contribution in [0, 0.1) is 6.92 Å². The summed E-state index contributed by atoms with van der Waals surface area (Å²) in [6, 6.07) is 5.97. The molecule has 0 aliphatic rings. The van der Waals surface area contributed by atoms with Gasteiger partial charge in [0.15, 0.2) is 0 Å². The number of hydrogen-bond donors (Lipinski definition) is 0. The van der Waals surface area contributed by atoms with E-state index in [2.05, 4.69) is 4.98 Å². The number of halogens is 1. The molecule has 2 aromatic rings. The lowest BCUT2D eigenvalue weighted by Gasteiger charge is -1.89. The van der Waals surface area contributed by atoms with Crippen molar-refractivity contribution in [1.82, 2.24) is 4.98 Å². The van der Waals surface area contributed by atoms with Crippen LogP contribution in [0.4, 0.5) is 0 Å². The largest absolute Gasteiger partial charge is 0.242 e. The first-order valence-electron chi connectivity index (χ1n) is 3.28. The molecule has 0 N–H and O–H groups in total. The molecule has 2 heterocycles. The normalized spacial score (nSPS) is 10.7. The van der Waals surface area contributed by atoms with Gasteiger partial charge in [0.05, 0.1) is 4.34 Å². The highest BCUT2D eigenvalue weighted by Gasteiger charge is 1.99. The highest BCUT2D eigenvalue weighted by atomic mass is 35.5. The van der Waals surface area contributed by atoms with Gasteiger partial charge in [-0.05, 0) is 19.1 Å². The Bertz CT molecular complexity index is 394. The summed E-state index contributed by atoms with van der Waals surface area (Å²) in [6.07, 6.45) is 0. The van der Waals surface area contributed by atoms with Gasteiger partial charge in [-0.3, -0.25) is 0 Å². The van der Waals surface area contributed by atoms with Crippen molar-refractivity contribution in [2.75, 3.05) is 0 Å². The van der Waals surface area contributed by atoms with Gasteiger partial charge in [-0.25, -0.2) is 4.98 Å². The van der Waals surface area contributed by atoms with Gasteiger partial charge in [0, 0.05) is 11.1 Å². The Morgan fingerprint density at radius 3 is 3.09 bits per heavy atom. The van der Waals surface area contributed by atoms with Crippen LogP contribution in [0.1, 0.15) is 5.69 Å². The van der Waals surface area contributed by atoms with E-state index in [4.69, 9.17) is 11.6 Å². The van der Waals surface area contributed by atoms with Crippen LogP contribution in [-0.2, 0) is 0 Å². The first-order chi connectivity index (χ1) is 5.25. The Balaban J connectivity index is 2.82. The van der Waals surface area contributed by atoms with E-state index in [9.17, 15) is 0 Å². The summed E-state index contributed by atoms with van der Waals surface area (Å²) in [4.78, 5) is 5.35. The number of thiophene rings is 1. The fourth-order valence-electron chi connectivity index (χ4n) is 0.979. The van der Waals surface area contributed by atoms with Crippen LogP contribution in [0.5, 0.6) is 0 Å². The Morgan fingerprint density at radius 2 is 2.27 bits per heavy atom. The van der Waals surface area contributed by atoms with Gasteiger partial charge in [0.1, 0.15) is 4.83 Å². The zero-order valence-corrected chi connectivity index (χ0v) is 7.54. The van der Waals surface area contributed by atoms with E-state index in [0.717, 1.165) is 20.2 Å². The molecule has 3 heteroatoms. The van der Waals surface area contributed by atoms with Crippen molar-refractivity contribution >= 4 is 33.2 Å². The van der Waals surface area contributed by atoms with E-state index in [-0.39, 0.29) is 0 Å². The summed E-state index contributed by atoms with van der Waals surface area (Å²) in [5.74, 6) is 0. The zero-order chi connectivity index (χ0) is 7.84. The SMILES string of the molecule is Cc1ccc2cc(Cl)sc2n1. The molecule has 2 aromatic heterocycles. The molecule has 0 saturated carbocycles. The Morgan fingerprint density at radius 1 is 1.45 bits per heavy atom. The molecule has 56 valence electrons. The maximum absolute atomic E-state index is 5.81. The summed E-state index contributed by atoms with van der Waals surface area (Å²) in [5, 5.41) is 1.13. The van der Waals surface area contributed by atoms with Gasteiger partial charge in [-0.1, -0.05) is 17.7 Å². The summed E-state index contributed by atoms with van der Waals surface area (Å²) >= 11 is 7.33. The van der Waals surface area contributed by atoms with E-state index in [1.165, 1.54) is 11.3 Å². The number of fused-ring (bicyclic) bond motifs is 1. The molecule has 0 aliphatic heterocycles. The minimum Gasteiger partial charge on any atom is -0.242 e. The molecular formula is C8H6ClNS. The molecule has 0 spiro atoms. The molecule has 0 atom stereocenters. The highest BCUT2D eigenvalue weighted by molar-refractivity contribution is 7.22. The second-order valence-electron chi connectivity index (χ2n) is 2.40. The smallest absolute Gasteiger partial charge is 0.124 e. The monoisotopic (exact) mass is 183 g/mol. The molecule has 11 heavy (non-hydrogen) atoms. The molecular weight excluding hydrogens is 178 g/mol. The lowest BCUT2D eigenvalue weighted by molar-refractivity contribution is 1.27. The predicted molar refractivity (Wildman–Crippen MR) is 49.4 cm³/mol. The molecule has 0 aliphatic carbocycles. The van der Waals surface area contributed by atoms with Crippen LogP contribution >= 0.6 is 22.9 Å². The molecule has 0 bridgehead atoms. The van der Waals surface area contributed by atoms with Crippen molar-refractivity contribution in [3.63, 3.8) is 0 Å². The van der Waals surface area contributed by atoms with Crippen LogP contribution in [0.25, 0.3) is 10.2 Å². The maximum atomic E-state index is 5.81. The fourth-order valence-corrected chi connectivity index (χ4v) is 2.12. The standard InChI is InChI=1S/C8H6ClNS/c1-5-2-3-6-4-7(9)11-8(6)10-5/h2-4H,1H3. The van der Waals surface area contributed by atoms with Gasteiger partial charge in [0.2, 0.25) is 0 Å². The first-order valence-corrected chi connectivity index (χ1v) is 4.48. The first kappa shape index (κ1) is 7.07. The average molecular weight is 184 g/mol. The lowest BCUT2D eigenvalue weighted by Crippen LogP contribution is -1.75. The molecule has 0 aromatic carbocycles. The molecule has 0 fully saturated rings.